The van der Waals surface area contributed by atoms with Gasteiger partial charge in [0.05, 0.1) is 5.92 Å². The minimum absolute atomic E-state index is 0.102. The van der Waals surface area contributed by atoms with Crippen molar-refractivity contribution >= 4 is 5.97 Å². The summed E-state index contributed by atoms with van der Waals surface area (Å²) >= 11 is 0. The van der Waals surface area contributed by atoms with Crippen LogP contribution < -0.4 is 0 Å². The monoisotopic (exact) mass is 256 g/mol. The molecule has 0 aromatic carbocycles. The van der Waals surface area contributed by atoms with Crippen molar-refractivity contribution in [2.24, 2.45) is 11.8 Å². The van der Waals surface area contributed by atoms with E-state index in [4.69, 9.17) is 0 Å². The highest BCUT2D eigenvalue weighted by molar-refractivity contribution is 5.69. The Kier molecular flexibility index (Phi) is 11.2. The predicted octanol–water partition coefficient (Wildman–Crippen LogP) is 5.26. The quantitative estimate of drug-likeness (QED) is 0.483. The van der Waals surface area contributed by atoms with Gasteiger partial charge in [-0.3, -0.25) is 4.79 Å². The topological polar surface area (TPSA) is 37.3 Å². The van der Waals surface area contributed by atoms with Crippen LogP contribution in [0.1, 0.15) is 85.0 Å². The summed E-state index contributed by atoms with van der Waals surface area (Å²) in [6.07, 6.45) is 11.4. The summed E-state index contributed by atoms with van der Waals surface area (Å²) < 4.78 is 0. The summed E-state index contributed by atoms with van der Waals surface area (Å²) in [5, 5.41) is 9.18. The lowest BCUT2D eigenvalue weighted by Gasteiger charge is -2.12. The second kappa shape index (κ2) is 11.6. The van der Waals surface area contributed by atoms with E-state index in [2.05, 4.69) is 20.8 Å². The molecule has 0 bridgehead atoms. The molecule has 0 saturated carbocycles. The Labute approximate surface area is 113 Å². The Balaban J connectivity index is 3.61. The first-order valence-electron chi connectivity index (χ1n) is 7.80. The summed E-state index contributed by atoms with van der Waals surface area (Å²) in [5.74, 6) is -0.00396. The van der Waals surface area contributed by atoms with Crippen LogP contribution in [0.15, 0.2) is 0 Å². The largest absolute Gasteiger partial charge is 0.481 e. The maximum absolute atomic E-state index is 11.1. The van der Waals surface area contributed by atoms with Gasteiger partial charge in [0.15, 0.2) is 0 Å². The van der Waals surface area contributed by atoms with Crippen molar-refractivity contribution in [3.8, 4) is 0 Å². The Morgan fingerprint density at radius 1 is 0.889 bits per heavy atom. The second-order valence-electron chi connectivity index (χ2n) is 5.92. The van der Waals surface area contributed by atoms with Crippen LogP contribution in [0.2, 0.25) is 0 Å². The maximum Gasteiger partial charge on any atom is 0.306 e. The van der Waals surface area contributed by atoms with Crippen molar-refractivity contribution in [1.29, 1.82) is 0 Å². The minimum Gasteiger partial charge on any atom is -0.481 e. The number of aliphatic carboxylic acids is 1. The van der Waals surface area contributed by atoms with Crippen molar-refractivity contribution in [3.05, 3.63) is 0 Å². The highest BCUT2D eigenvalue weighted by atomic mass is 16.4. The molecule has 0 aliphatic rings. The molecule has 0 fully saturated rings. The number of carbonyl (C=O) groups is 1. The fourth-order valence-electron chi connectivity index (χ4n) is 2.33. The van der Waals surface area contributed by atoms with E-state index in [0.717, 1.165) is 32.1 Å². The van der Waals surface area contributed by atoms with Crippen molar-refractivity contribution in [3.63, 3.8) is 0 Å². The molecule has 0 heterocycles. The molecule has 0 aliphatic heterocycles. The van der Waals surface area contributed by atoms with Crippen LogP contribution in [0.25, 0.3) is 0 Å². The Hall–Kier alpha value is -0.530. The highest BCUT2D eigenvalue weighted by Gasteiger charge is 2.16. The molecule has 0 radical (unpaired) electrons. The van der Waals surface area contributed by atoms with Crippen molar-refractivity contribution in [1.82, 2.24) is 0 Å². The molecule has 2 nitrogen and oxygen atoms in total. The number of unbranched alkanes of at least 4 members (excludes halogenated alkanes) is 5. The molecule has 1 N–H and O–H groups in total. The van der Waals surface area contributed by atoms with Gasteiger partial charge in [0.2, 0.25) is 0 Å². The summed E-state index contributed by atoms with van der Waals surface area (Å²) in [5.41, 5.74) is 0. The zero-order chi connectivity index (χ0) is 13.8. The first-order chi connectivity index (χ1) is 8.57. The lowest BCUT2D eigenvalue weighted by molar-refractivity contribution is -0.142. The van der Waals surface area contributed by atoms with Gasteiger partial charge in [-0.05, 0) is 18.8 Å². The fourth-order valence-corrected chi connectivity index (χ4v) is 2.33. The number of carboxylic acids is 1. The van der Waals surface area contributed by atoms with Gasteiger partial charge in [0.25, 0.3) is 0 Å². The predicted molar refractivity (Wildman–Crippen MR) is 77.8 cm³/mol. The molecule has 0 saturated heterocycles. The van der Waals surface area contributed by atoms with E-state index in [1.165, 1.54) is 32.1 Å². The molecule has 0 amide bonds. The molecule has 0 aliphatic carbocycles. The zero-order valence-corrected chi connectivity index (χ0v) is 12.6. The van der Waals surface area contributed by atoms with Gasteiger partial charge >= 0.3 is 5.97 Å². The molecule has 1 atom stereocenters. The second-order valence-corrected chi connectivity index (χ2v) is 5.92. The van der Waals surface area contributed by atoms with E-state index in [1.807, 2.05) is 0 Å². The van der Waals surface area contributed by atoms with Crippen LogP contribution in [0.3, 0.4) is 0 Å². The lowest BCUT2D eigenvalue weighted by Crippen LogP contribution is -2.13. The van der Waals surface area contributed by atoms with E-state index in [-0.39, 0.29) is 5.92 Å². The van der Waals surface area contributed by atoms with Crippen molar-refractivity contribution in [2.75, 3.05) is 0 Å². The molecule has 2 heteroatoms. The van der Waals surface area contributed by atoms with E-state index in [1.54, 1.807) is 0 Å². The van der Waals surface area contributed by atoms with Crippen LogP contribution in [0.5, 0.6) is 0 Å². The normalized spacial score (nSPS) is 12.9. The van der Waals surface area contributed by atoms with Gasteiger partial charge in [-0.2, -0.15) is 0 Å². The number of carboxylic acid groups (broad SMARTS) is 1. The molecule has 0 rings (SSSR count). The van der Waals surface area contributed by atoms with Crippen LogP contribution >= 0.6 is 0 Å². The number of rotatable bonds is 12. The third kappa shape index (κ3) is 10.6. The van der Waals surface area contributed by atoms with Crippen LogP contribution in [0.4, 0.5) is 0 Å². The highest BCUT2D eigenvalue weighted by Crippen LogP contribution is 2.19. The minimum atomic E-state index is -0.590. The third-order valence-electron chi connectivity index (χ3n) is 3.59. The average molecular weight is 256 g/mol. The third-order valence-corrected chi connectivity index (χ3v) is 3.59. The average Bonchev–Trinajstić information content (AvgIpc) is 2.30. The summed E-state index contributed by atoms with van der Waals surface area (Å²) in [6.45, 7) is 6.61. The SMILES string of the molecule is CCCCCCCCC(CCCC(C)C)C(=O)O. The number of hydrogen-bond acceptors (Lipinski definition) is 1. The smallest absolute Gasteiger partial charge is 0.306 e. The zero-order valence-electron chi connectivity index (χ0n) is 12.6. The molecule has 108 valence electrons. The lowest BCUT2D eigenvalue weighted by atomic mass is 9.93. The Bertz CT molecular complexity index is 199. The van der Waals surface area contributed by atoms with E-state index < -0.39 is 5.97 Å². The molecule has 0 aromatic rings. The van der Waals surface area contributed by atoms with Crippen molar-refractivity contribution < 1.29 is 9.90 Å². The van der Waals surface area contributed by atoms with Gasteiger partial charge < -0.3 is 5.11 Å². The standard InChI is InChI=1S/C16H32O2/c1-4-5-6-7-8-9-12-15(16(17)18)13-10-11-14(2)3/h14-15H,4-13H2,1-3H3,(H,17,18). The van der Waals surface area contributed by atoms with Crippen LogP contribution in [0, 0.1) is 11.8 Å². The fraction of sp³-hybridized carbons (Fsp3) is 0.938. The Morgan fingerprint density at radius 2 is 1.44 bits per heavy atom. The van der Waals surface area contributed by atoms with Gasteiger partial charge in [0.1, 0.15) is 0 Å². The molecular formula is C16H32O2. The van der Waals surface area contributed by atoms with E-state index >= 15 is 0 Å². The van der Waals surface area contributed by atoms with Crippen LogP contribution in [-0.2, 0) is 4.79 Å². The maximum atomic E-state index is 11.1. The molecular weight excluding hydrogens is 224 g/mol. The van der Waals surface area contributed by atoms with Gasteiger partial charge in [-0.25, -0.2) is 0 Å². The summed E-state index contributed by atoms with van der Waals surface area (Å²) in [7, 11) is 0. The first-order valence-corrected chi connectivity index (χ1v) is 7.80. The first kappa shape index (κ1) is 17.5. The van der Waals surface area contributed by atoms with Gasteiger partial charge in [0, 0.05) is 0 Å². The number of hydrogen-bond donors (Lipinski definition) is 1. The van der Waals surface area contributed by atoms with E-state index in [0.29, 0.717) is 5.92 Å². The van der Waals surface area contributed by atoms with Crippen molar-refractivity contribution in [2.45, 2.75) is 85.0 Å². The Morgan fingerprint density at radius 3 is 2.00 bits per heavy atom. The van der Waals surface area contributed by atoms with Gasteiger partial charge in [-0.15, -0.1) is 0 Å². The van der Waals surface area contributed by atoms with Gasteiger partial charge in [-0.1, -0.05) is 72.1 Å². The molecule has 1 unspecified atom stereocenters. The molecule has 0 aromatic heterocycles. The van der Waals surface area contributed by atoms with E-state index in [9.17, 15) is 9.90 Å². The molecule has 0 spiro atoms. The summed E-state index contributed by atoms with van der Waals surface area (Å²) in [4.78, 5) is 11.1. The summed E-state index contributed by atoms with van der Waals surface area (Å²) in [6, 6.07) is 0. The molecule has 18 heavy (non-hydrogen) atoms. The van der Waals surface area contributed by atoms with Crippen LogP contribution in [-0.4, -0.2) is 11.1 Å².